The summed E-state index contributed by atoms with van der Waals surface area (Å²) in [6.07, 6.45) is 14.0. The van der Waals surface area contributed by atoms with E-state index in [2.05, 4.69) is 37.5 Å². The van der Waals surface area contributed by atoms with Gasteiger partial charge in [0, 0.05) is 52.3 Å². The maximum Gasteiger partial charge on any atom is 0.515 e. The smallest absolute Gasteiger partial charge is 0.373 e. The van der Waals surface area contributed by atoms with E-state index in [0.717, 1.165) is 51.7 Å². The molecular formula is C30H68N2O7Si3. The summed E-state index contributed by atoms with van der Waals surface area (Å²) in [4.78, 5) is 5.18. The first-order valence-corrected chi connectivity index (χ1v) is 22.9. The van der Waals surface area contributed by atoms with Gasteiger partial charge in [-0.15, -0.1) is 0 Å². The molecule has 1 saturated heterocycles. The van der Waals surface area contributed by atoms with Gasteiger partial charge >= 0.3 is 8.80 Å². The van der Waals surface area contributed by atoms with Crippen molar-refractivity contribution in [3.63, 3.8) is 0 Å². The lowest BCUT2D eigenvalue weighted by molar-refractivity contribution is -0.0845. The normalized spacial score (nSPS) is 17.9. The van der Waals surface area contributed by atoms with Crippen molar-refractivity contribution >= 4 is 27.8 Å². The predicted octanol–water partition coefficient (Wildman–Crippen LogP) is 3.65. The zero-order valence-corrected chi connectivity index (χ0v) is 32.4. The van der Waals surface area contributed by atoms with Gasteiger partial charge in [0.15, 0.2) is 0 Å². The molecule has 2 aliphatic rings. The molecule has 0 radical (unpaired) electrons. The molecule has 0 aromatic heterocycles. The summed E-state index contributed by atoms with van der Waals surface area (Å²) in [5, 5.41) is 0. The van der Waals surface area contributed by atoms with Crippen LogP contribution in [-0.2, 0) is 32.2 Å². The van der Waals surface area contributed by atoms with Crippen LogP contribution in [0.15, 0.2) is 0 Å². The molecule has 0 atom stereocenters. The van der Waals surface area contributed by atoms with E-state index in [0.29, 0.717) is 19.8 Å². The molecule has 0 aromatic rings. The van der Waals surface area contributed by atoms with Crippen LogP contribution >= 0.6 is 0 Å². The number of hydrogen-bond acceptors (Lipinski definition) is 9. The fraction of sp³-hybridized carbons (Fsp3) is 1.00. The minimum absolute atomic E-state index is 0.0670. The van der Waals surface area contributed by atoms with Crippen LogP contribution in [0.3, 0.4) is 0 Å². The van der Waals surface area contributed by atoms with Gasteiger partial charge in [0.1, 0.15) is 30.9 Å². The Bertz CT molecular complexity index is 554. The lowest BCUT2D eigenvalue weighted by Gasteiger charge is -2.35. The Morgan fingerprint density at radius 2 is 1.00 bits per heavy atom. The van der Waals surface area contributed by atoms with Crippen LogP contribution < -0.4 is 0 Å². The Kier molecular flexibility index (Phi) is 25.4. The molecule has 0 aromatic carbocycles. The molecule has 1 heterocycles. The van der Waals surface area contributed by atoms with E-state index in [-0.39, 0.29) is 11.8 Å². The van der Waals surface area contributed by atoms with Crippen LogP contribution in [0, 0.1) is 0 Å². The third kappa shape index (κ3) is 17.7. The SMILES string of the molecule is CCOC(OCC)[SiH2]CN(C[SiH2]C(OCC)OCC)C1CCCCC1.CCO[Si](CN1CCCCC1)(OCC)OCC. The highest BCUT2D eigenvalue weighted by atomic mass is 28.4. The number of rotatable bonds is 23. The standard InChI is InChI=1S/C18H41NO4Si2.C12H27NO3Si/c1-5-20-17(21-6-2)24-14-19(16-12-10-9-11-13-16)15-25-18(22-7-3)23-8-4;1-4-14-17(15-5-2,16-6-3)12-13-10-8-7-9-11-13/h16-18H,5-15,24-25H2,1-4H3;4-12H2,1-3H3. The zero-order valence-electron chi connectivity index (χ0n) is 28.5. The van der Waals surface area contributed by atoms with Crippen LogP contribution in [0.25, 0.3) is 0 Å². The second kappa shape index (κ2) is 26.5. The van der Waals surface area contributed by atoms with Crippen molar-refractivity contribution in [2.75, 3.05) is 77.8 Å². The summed E-state index contributed by atoms with van der Waals surface area (Å²) >= 11 is 0. The summed E-state index contributed by atoms with van der Waals surface area (Å²) in [6.45, 7) is 21.5. The molecule has 1 saturated carbocycles. The molecule has 0 spiro atoms. The molecule has 0 bridgehead atoms. The van der Waals surface area contributed by atoms with E-state index in [1.807, 2.05) is 20.8 Å². The second-order valence-electron chi connectivity index (χ2n) is 10.9. The van der Waals surface area contributed by atoms with E-state index in [4.69, 9.17) is 32.2 Å². The van der Waals surface area contributed by atoms with Gasteiger partial charge in [0.05, 0.1) is 6.17 Å². The summed E-state index contributed by atoms with van der Waals surface area (Å²) in [5.74, 6) is 0.134. The Labute approximate surface area is 265 Å². The molecular weight excluding hydrogens is 585 g/mol. The van der Waals surface area contributed by atoms with Gasteiger partial charge in [-0.05, 0) is 99.6 Å². The highest BCUT2D eigenvalue weighted by Gasteiger charge is 2.42. The average Bonchev–Trinajstić information content (AvgIpc) is 2.99. The van der Waals surface area contributed by atoms with E-state index in [1.54, 1.807) is 0 Å². The fourth-order valence-electron chi connectivity index (χ4n) is 5.95. The van der Waals surface area contributed by atoms with Gasteiger partial charge < -0.3 is 37.1 Å². The summed E-state index contributed by atoms with van der Waals surface area (Å²) in [6, 6.07) is 0.751. The second-order valence-corrected chi connectivity index (χ2v) is 16.8. The minimum Gasteiger partial charge on any atom is -0.373 e. The van der Waals surface area contributed by atoms with Crippen LogP contribution in [0.2, 0.25) is 0 Å². The molecule has 0 N–H and O–H groups in total. The van der Waals surface area contributed by atoms with Crippen molar-refractivity contribution in [1.29, 1.82) is 0 Å². The van der Waals surface area contributed by atoms with Crippen molar-refractivity contribution < 1.29 is 32.2 Å². The van der Waals surface area contributed by atoms with Crippen LogP contribution in [0.1, 0.15) is 99.8 Å². The molecule has 2 fully saturated rings. The molecule has 0 unspecified atom stereocenters. The van der Waals surface area contributed by atoms with Crippen LogP contribution in [0.4, 0.5) is 0 Å². The monoisotopic (exact) mass is 652 g/mol. The van der Waals surface area contributed by atoms with E-state index >= 15 is 0 Å². The fourth-order valence-corrected chi connectivity index (χ4v) is 13.0. The van der Waals surface area contributed by atoms with Crippen molar-refractivity contribution in [3.05, 3.63) is 0 Å². The number of piperidine rings is 1. The highest BCUT2D eigenvalue weighted by Crippen LogP contribution is 2.22. The van der Waals surface area contributed by atoms with Gasteiger partial charge in [-0.25, -0.2) is 0 Å². The lowest BCUT2D eigenvalue weighted by atomic mass is 9.95. The quantitative estimate of drug-likeness (QED) is 0.122. The molecule has 1 aliphatic carbocycles. The molecule has 252 valence electrons. The molecule has 42 heavy (non-hydrogen) atoms. The predicted molar refractivity (Wildman–Crippen MR) is 181 cm³/mol. The van der Waals surface area contributed by atoms with Gasteiger partial charge in [-0.2, -0.15) is 0 Å². The Morgan fingerprint density at radius 3 is 1.38 bits per heavy atom. The summed E-state index contributed by atoms with van der Waals surface area (Å²) < 4.78 is 40.8. The Morgan fingerprint density at radius 1 is 0.595 bits per heavy atom. The zero-order chi connectivity index (χ0) is 30.9. The number of hydrogen-bond donors (Lipinski definition) is 0. The van der Waals surface area contributed by atoms with E-state index < -0.39 is 27.8 Å². The summed E-state index contributed by atoms with van der Waals surface area (Å²) in [7, 11) is -3.33. The van der Waals surface area contributed by atoms with Crippen molar-refractivity contribution in [2.45, 2.75) is 118 Å². The number of nitrogens with zero attached hydrogens (tertiary/aromatic N) is 2. The first kappa shape index (κ1) is 40.3. The average molecular weight is 653 g/mol. The van der Waals surface area contributed by atoms with Crippen molar-refractivity contribution in [1.82, 2.24) is 9.80 Å². The number of ether oxygens (including phenoxy) is 4. The maximum atomic E-state index is 5.87. The minimum atomic E-state index is -2.46. The maximum absolute atomic E-state index is 5.87. The molecule has 0 amide bonds. The molecule has 12 heteroatoms. The largest absolute Gasteiger partial charge is 0.515 e. The molecule has 9 nitrogen and oxygen atoms in total. The Balaban J connectivity index is 0.000000452. The van der Waals surface area contributed by atoms with Crippen molar-refractivity contribution in [2.24, 2.45) is 0 Å². The van der Waals surface area contributed by atoms with Crippen molar-refractivity contribution in [3.8, 4) is 0 Å². The van der Waals surface area contributed by atoms with Gasteiger partial charge in [-0.1, -0.05) is 25.7 Å². The molecule has 1 aliphatic heterocycles. The topological polar surface area (TPSA) is 71.1 Å². The van der Waals surface area contributed by atoms with Gasteiger partial charge in [0.25, 0.3) is 0 Å². The van der Waals surface area contributed by atoms with Crippen LogP contribution in [0.5, 0.6) is 0 Å². The number of likely N-dealkylation sites (tertiary alicyclic amines) is 1. The highest BCUT2D eigenvalue weighted by molar-refractivity contribution is 6.60. The summed E-state index contributed by atoms with van der Waals surface area (Å²) in [5.41, 5.74) is 0. The Hall–Kier alpha value is 0.291. The first-order chi connectivity index (χ1) is 20.5. The van der Waals surface area contributed by atoms with E-state index in [9.17, 15) is 0 Å². The van der Waals surface area contributed by atoms with Gasteiger partial charge in [-0.3, -0.25) is 4.90 Å². The van der Waals surface area contributed by atoms with Crippen LogP contribution in [-0.4, -0.2) is 133 Å². The first-order valence-electron chi connectivity index (χ1n) is 17.4. The van der Waals surface area contributed by atoms with Gasteiger partial charge in [0.2, 0.25) is 0 Å². The lowest BCUT2D eigenvalue weighted by Crippen LogP contribution is -2.56. The third-order valence-electron chi connectivity index (χ3n) is 7.76. The third-order valence-corrected chi connectivity index (χ3v) is 14.3. The molecule has 2 rings (SSSR count). The van der Waals surface area contributed by atoms with E-state index in [1.165, 1.54) is 63.7 Å².